The molecule has 0 saturated heterocycles. The molecular weight excluding hydrogens is 260 g/mol. The van der Waals surface area contributed by atoms with E-state index in [0.29, 0.717) is 0 Å². The Hall–Kier alpha value is -1.84. The zero-order valence-electron chi connectivity index (χ0n) is 12.6. The van der Waals surface area contributed by atoms with E-state index in [-0.39, 0.29) is 12.1 Å². The molecule has 0 bridgehead atoms. The van der Waals surface area contributed by atoms with Gasteiger partial charge in [0, 0.05) is 19.1 Å². The third-order valence-electron chi connectivity index (χ3n) is 4.19. The molecule has 0 amide bonds. The van der Waals surface area contributed by atoms with Crippen molar-refractivity contribution in [2.75, 3.05) is 7.11 Å². The molecule has 21 heavy (non-hydrogen) atoms. The molecule has 2 N–H and O–H groups in total. The molecule has 3 heteroatoms. The number of nitrogens with zero attached hydrogens (tertiary/aromatic N) is 1. The minimum absolute atomic E-state index is 0.0615. The normalized spacial score (nSPS) is 17.3. The van der Waals surface area contributed by atoms with Crippen molar-refractivity contribution in [2.24, 2.45) is 5.73 Å². The summed E-state index contributed by atoms with van der Waals surface area (Å²) in [5.74, 6) is 0.884. The van der Waals surface area contributed by atoms with Crippen molar-refractivity contribution in [3.8, 4) is 5.75 Å². The summed E-state index contributed by atoms with van der Waals surface area (Å²) in [4.78, 5) is 2.45. The maximum atomic E-state index is 6.29. The van der Waals surface area contributed by atoms with Crippen LogP contribution >= 0.6 is 0 Å². The molecule has 110 valence electrons. The highest BCUT2D eigenvalue weighted by atomic mass is 16.5. The van der Waals surface area contributed by atoms with E-state index in [1.54, 1.807) is 7.11 Å². The molecule has 0 saturated carbocycles. The second-order valence-corrected chi connectivity index (χ2v) is 5.75. The van der Waals surface area contributed by atoms with E-state index in [1.807, 2.05) is 12.1 Å². The zero-order valence-corrected chi connectivity index (χ0v) is 12.6. The predicted molar refractivity (Wildman–Crippen MR) is 85.1 cm³/mol. The topological polar surface area (TPSA) is 38.5 Å². The van der Waals surface area contributed by atoms with E-state index in [0.717, 1.165) is 18.8 Å². The summed E-state index contributed by atoms with van der Waals surface area (Å²) >= 11 is 0. The lowest BCUT2D eigenvalue weighted by atomic mass is 9.99. The molecule has 0 spiro atoms. The lowest BCUT2D eigenvalue weighted by Crippen LogP contribution is -2.36. The van der Waals surface area contributed by atoms with Crippen LogP contribution in [-0.4, -0.2) is 18.1 Å². The lowest BCUT2D eigenvalue weighted by molar-refractivity contribution is 0.178. The van der Waals surface area contributed by atoms with Gasteiger partial charge in [0.15, 0.2) is 0 Å². The third kappa shape index (κ3) is 2.80. The van der Waals surface area contributed by atoms with Crippen molar-refractivity contribution < 1.29 is 4.74 Å². The Bertz CT molecular complexity index is 599. The van der Waals surface area contributed by atoms with Gasteiger partial charge in [0.05, 0.1) is 13.2 Å². The number of hydrogen-bond acceptors (Lipinski definition) is 3. The average Bonchev–Trinajstić information content (AvgIpc) is 2.90. The first-order chi connectivity index (χ1) is 10.2. The second-order valence-electron chi connectivity index (χ2n) is 5.75. The third-order valence-corrected chi connectivity index (χ3v) is 4.19. The summed E-state index contributed by atoms with van der Waals surface area (Å²) < 4.78 is 5.35. The van der Waals surface area contributed by atoms with E-state index in [4.69, 9.17) is 10.5 Å². The molecule has 2 aromatic rings. The molecule has 0 aromatic heterocycles. The van der Waals surface area contributed by atoms with Crippen molar-refractivity contribution in [2.45, 2.75) is 32.1 Å². The minimum Gasteiger partial charge on any atom is -0.497 e. The Morgan fingerprint density at radius 3 is 2.29 bits per heavy atom. The molecule has 1 aliphatic rings. The first-order valence-electron chi connectivity index (χ1n) is 7.39. The molecule has 1 heterocycles. The van der Waals surface area contributed by atoms with Crippen LogP contribution in [0.2, 0.25) is 0 Å². The van der Waals surface area contributed by atoms with Gasteiger partial charge < -0.3 is 10.5 Å². The molecule has 0 fully saturated rings. The van der Waals surface area contributed by atoms with Crippen LogP contribution in [0.25, 0.3) is 0 Å². The molecule has 0 aliphatic carbocycles. The molecular formula is C18H22N2O. The van der Waals surface area contributed by atoms with E-state index in [1.165, 1.54) is 16.7 Å². The van der Waals surface area contributed by atoms with Gasteiger partial charge in [0.1, 0.15) is 5.75 Å². The molecule has 2 atom stereocenters. The summed E-state index contributed by atoms with van der Waals surface area (Å²) in [6.45, 7) is 3.99. The van der Waals surface area contributed by atoms with Crippen LogP contribution in [0, 0.1) is 0 Å². The van der Waals surface area contributed by atoms with Crippen molar-refractivity contribution in [1.29, 1.82) is 0 Å². The average molecular weight is 282 g/mol. The second kappa shape index (κ2) is 5.88. The number of benzene rings is 2. The van der Waals surface area contributed by atoms with Gasteiger partial charge in [0.25, 0.3) is 0 Å². The quantitative estimate of drug-likeness (QED) is 0.936. The Morgan fingerprint density at radius 2 is 1.71 bits per heavy atom. The Morgan fingerprint density at radius 1 is 1.05 bits per heavy atom. The summed E-state index contributed by atoms with van der Waals surface area (Å²) in [6, 6.07) is 17.1. The maximum absolute atomic E-state index is 6.29. The van der Waals surface area contributed by atoms with Crippen molar-refractivity contribution >= 4 is 0 Å². The number of fused-ring (bicyclic) bond motifs is 1. The highest BCUT2D eigenvalue weighted by molar-refractivity contribution is 5.34. The highest BCUT2D eigenvalue weighted by Crippen LogP contribution is 2.33. The predicted octanol–water partition coefficient (Wildman–Crippen LogP) is 3.10. The van der Waals surface area contributed by atoms with Crippen LogP contribution in [0.3, 0.4) is 0 Å². The fourth-order valence-corrected chi connectivity index (χ4v) is 3.23. The van der Waals surface area contributed by atoms with E-state index in [2.05, 4.69) is 48.2 Å². The van der Waals surface area contributed by atoms with Gasteiger partial charge in [-0.05, 0) is 35.7 Å². The van der Waals surface area contributed by atoms with Crippen molar-refractivity contribution in [3.05, 3.63) is 65.2 Å². The van der Waals surface area contributed by atoms with Crippen molar-refractivity contribution in [1.82, 2.24) is 4.90 Å². The molecule has 0 radical (unpaired) electrons. The van der Waals surface area contributed by atoms with E-state index < -0.39 is 0 Å². The van der Waals surface area contributed by atoms with Crippen LogP contribution < -0.4 is 10.5 Å². The van der Waals surface area contributed by atoms with Gasteiger partial charge in [-0.2, -0.15) is 0 Å². The summed E-state index contributed by atoms with van der Waals surface area (Å²) in [5.41, 5.74) is 10.3. The fourth-order valence-electron chi connectivity index (χ4n) is 3.23. The van der Waals surface area contributed by atoms with Gasteiger partial charge in [-0.3, -0.25) is 4.90 Å². The SMILES string of the molecule is COc1cccc(C(C(C)N)N2Cc3ccccc3C2)c1. The van der Waals surface area contributed by atoms with Gasteiger partial charge in [-0.1, -0.05) is 36.4 Å². The van der Waals surface area contributed by atoms with Gasteiger partial charge in [0.2, 0.25) is 0 Å². The van der Waals surface area contributed by atoms with Crippen LogP contribution in [0.15, 0.2) is 48.5 Å². The fraction of sp³-hybridized carbons (Fsp3) is 0.333. The van der Waals surface area contributed by atoms with Gasteiger partial charge in [-0.25, -0.2) is 0 Å². The van der Waals surface area contributed by atoms with Crippen LogP contribution in [0.1, 0.15) is 29.7 Å². The summed E-state index contributed by atoms with van der Waals surface area (Å²) in [7, 11) is 1.70. The number of ether oxygens (including phenoxy) is 1. The maximum Gasteiger partial charge on any atom is 0.119 e. The van der Waals surface area contributed by atoms with Crippen LogP contribution in [0.4, 0.5) is 0 Å². The standard InChI is InChI=1S/C18H22N2O/c1-13(19)18(14-8-5-9-17(10-14)21-2)20-11-15-6-3-4-7-16(15)12-20/h3-10,13,18H,11-12,19H2,1-2H3. The van der Waals surface area contributed by atoms with E-state index >= 15 is 0 Å². The zero-order chi connectivity index (χ0) is 14.8. The molecule has 2 unspecified atom stereocenters. The van der Waals surface area contributed by atoms with Gasteiger partial charge >= 0.3 is 0 Å². The number of nitrogens with two attached hydrogens (primary N) is 1. The molecule has 3 nitrogen and oxygen atoms in total. The van der Waals surface area contributed by atoms with Crippen molar-refractivity contribution in [3.63, 3.8) is 0 Å². The van der Waals surface area contributed by atoms with Crippen LogP contribution in [-0.2, 0) is 13.1 Å². The molecule has 3 rings (SSSR count). The summed E-state index contributed by atoms with van der Waals surface area (Å²) in [5, 5.41) is 0. The molecule has 2 aromatic carbocycles. The molecule has 1 aliphatic heterocycles. The van der Waals surface area contributed by atoms with Gasteiger partial charge in [-0.15, -0.1) is 0 Å². The Labute approximate surface area is 126 Å². The first-order valence-corrected chi connectivity index (χ1v) is 7.39. The largest absolute Gasteiger partial charge is 0.497 e. The monoisotopic (exact) mass is 282 g/mol. The summed E-state index contributed by atoms with van der Waals surface area (Å²) in [6.07, 6.45) is 0. The minimum atomic E-state index is 0.0615. The number of hydrogen-bond donors (Lipinski definition) is 1. The number of methoxy groups -OCH3 is 1. The first kappa shape index (κ1) is 14.1. The van der Waals surface area contributed by atoms with E-state index in [9.17, 15) is 0 Å². The Balaban J connectivity index is 1.90. The Kier molecular flexibility index (Phi) is 3.95. The number of rotatable bonds is 4. The van der Waals surface area contributed by atoms with Crippen LogP contribution in [0.5, 0.6) is 5.75 Å². The highest BCUT2D eigenvalue weighted by Gasteiger charge is 2.29. The lowest BCUT2D eigenvalue weighted by Gasteiger charge is -2.31. The smallest absolute Gasteiger partial charge is 0.119 e.